The summed E-state index contributed by atoms with van der Waals surface area (Å²) < 4.78 is 0. The predicted molar refractivity (Wildman–Crippen MR) is 81.7 cm³/mol. The lowest BCUT2D eigenvalue weighted by Gasteiger charge is -2.16. The molecule has 0 fully saturated rings. The molecule has 0 aliphatic heterocycles. The average Bonchev–Trinajstić information content (AvgIpc) is 2.38. The number of hydrogen-bond acceptors (Lipinski definition) is 3. The van der Waals surface area contributed by atoms with E-state index in [2.05, 4.69) is 22.9 Å². The van der Waals surface area contributed by atoms with Gasteiger partial charge in [-0.15, -0.1) is 0 Å². The highest BCUT2D eigenvalue weighted by molar-refractivity contribution is 5.89. The third-order valence-corrected chi connectivity index (χ3v) is 2.79. The van der Waals surface area contributed by atoms with Crippen molar-refractivity contribution in [2.45, 2.75) is 39.7 Å². The minimum absolute atomic E-state index is 0.0246. The van der Waals surface area contributed by atoms with Crippen LogP contribution in [-0.2, 0) is 9.59 Å². The van der Waals surface area contributed by atoms with E-state index in [1.54, 1.807) is 12.1 Å². The first-order valence-corrected chi connectivity index (χ1v) is 6.94. The summed E-state index contributed by atoms with van der Waals surface area (Å²) in [6, 6.07) is 6.98. The molecule has 3 N–H and O–H groups in total. The summed E-state index contributed by atoms with van der Waals surface area (Å²) in [5.41, 5.74) is 1.51. The molecule has 1 rings (SSSR count). The van der Waals surface area contributed by atoms with Gasteiger partial charge < -0.3 is 16.0 Å². The Labute approximate surface area is 120 Å². The van der Waals surface area contributed by atoms with Gasteiger partial charge in [-0.2, -0.15) is 0 Å². The number of anilines is 2. The maximum absolute atomic E-state index is 11.8. The lowest BCUT2D eigenvalue weighted by molar-refractivity contribution is -0.121. The van der Waals surface area contributed by atoms with Crippen molar-refractivity contribution in [2.24, 2.45) is 0 Å². The van der Waals surface area contributed by atoms with Crippen molar-refractivity contribution in [3.05, 3.63) is 24.3 Å². The van der Waals surface area contributed by atoms with Gasteiger partial charge in [0.05, 0.1) is 0 Å². The number of unbranched alkanes of at least 4 members (excludes halogenated alkanes) is 1. The molecule has 0 saturated heterocycles. The zero-order chi connectivity index (χ0) is 15.0. The highest BCUT2D eigenvalue weighted by atomic mass is 16.2. The molecule has 1 aromatic carbocycles. The molecule has 0 radical (unpaired) electrons. The molecule has 0 aliphatic carbocycles. The van der Waals surface area contributed by atoms with Gasteiger partial charge in [0.25, 0.3) is 0 Å². The van der Waals surface area contributed by atoms with Crippen molar-refractivity contribution in [1.29, 1.82) is 0 Å². The van der Waals surface area contributed by atoms with E-state index in [1.807, 2.05) is 19.1 Å². The van der Waals surface area contributed by atoms with Gasteiger partial charge >= 0.3 is 0 Å². The summed E-state index contributed by atoms with van der Waals surface area (Å²) in [5, 5.41) is 8.71. The molecule has 0 aromatic heterocycles. The summed E-state index contributed by atoms with van der Waals surface area (Å²) in [4.78, 5) is 22.8. The molecule has 1 aromatic rings. The number of rotatable bonds is 7. The van der Waals surface area contributed by atoms with Crippen molar-refractivity contribution in [1.82, 2.24) is 5.32 Å². The highest BCUT2D eigenvalue weighted by Crippen LogP contribution is 2.15. The fraction of sp³-hybridized carbons (Fsp3) is 0.467. The van der Waals surface area contributed by atoms with Crippen LogP contribution in [0, 0.1) is 0 Å². The van der Waals surface area contributed by atoms with E-state index in [1.165, 1.54) is 6.92 Å². The smallest absolute Gasteiger partial charge is 0.242 e. The number of nitrogens with one attached hydrogen (secondary N) is 3. The van der Waals surface area contributed by atoms with E-state index in [9.17, 15) is 9.59 Å². The van der Waals surface area contributed by atoms with Gasteiger partial charge in [-0.3, -0.25) is 9.59 Å². The molecule has 0 saturated carbocycles. The highest BCUT2D eigenvalue weighted by Gasteiger charge is 2.11. The van der Waals surface area contributed by atoms with Gasteiger partial charge in [-0.05, 0) is 31.5 Å². The first-order valence-electron chi connectivity index (χ1n) is 6.94. The largest absolute Gasteiger partial charge is 0.374 e. The summed E-state index contributed by atoms with van der Waals surface area (Å²) in [5.74, 6) is -0.143. The van der Waals surface area contributed by atoms with Crippen molar-refractivity contribution < 1.29 is 9.59 Å². The molecule has 0 aliphatic rings. The van der Waals surface area contributed by atoms with Crippen LogP contribution in [0.5, 0.6) is 0 Å². The number of carbonyl (C=O) groups is 2. The molecule has 0 spiro atoms. The molecule has 5 nitrogen and oxygen atoms in total. The summed E-state index contributed by atoms with van der Waals surface area (Å²) >= 11 is 0. The van der Waals surface area contributed by atoms with Crippen LogP contribution in [0.15, 0.2) is 24.3 Å². The Kier molecular flexibility index (Phi) is 6.56. The molecule has 0 bridgehead atoms. The molecular weight excluding hydrogens is 254 g/mol. The normalized spacial score (nSPS) is 11.6. The molecular formula is C15H23N3O2. The van der Waals surface area contributed by atoms with E-state index in [0.29, 0.717) is 12.2 Å². The van der Waals surface area contributed by atoms with E-state index in [-0.39, 0.29) is 17.9 Å². The Hall–Kier alpha value is -2.04. The van der Waals surface area contributed by atoms with E-state index < -0.39 is 0 Å². The zero-order valence-electron chi connectivity index (χ0n) is 12.3. The van der Waals surface area contributed by atoms with E-state index >= 15 is 0 Å². The van der Waals surface area contributed by atoms with Crippen molar-refractivity contribution in [3.8, 4) is 0 Å². The average molecular weight is 277 g/mol. The second-order valence-electron chi connectivity index (χ2n) is 4.77. The minimum atomic E-state index is -0.320. The standard InChI is InChI=1S/C15H23N3O2/c1-4-5-9-16-15(20)11(2)17-13-7-6-8-14(10-13)18-12(3)19/h6-8,10-11,17H,4-5,9H2,1-3H3,(H,16,20)(H,18,19). The molecule has 0 heterocycles. The molecule has 2 amide bonds. The van der Waals surface area contributed by atoms with E-state index in [0.717, 1.165) is 18.5 Å². The van der Waals surface area contributed by atoms with Crippen LogP contribution in [-0.4, -0.2) is 24.4 Å². The third kappa shape index (κ3) is 5.73. The lowest BCUT2D eigenvalue weighted by Crippen LogP contribution is -2.37. The Morgan fingerprint density at radius 1 is 1.25 bits per heavy atom. The van der Waals surface area contributed by atoms with Gasteiger partial charge in [-0.25, -0.2) is 0 Å². The predicted octanol–water partition coefficient (Wildman–Crippen LogP) is 2.36. The second kappa shape index (κ2) is 8.19. The van der Waals surface area contributed by atoms with E-state index in [4.69, 9.17) is 0 Å². The first kappa shape index (κ1) is 16.0. The second-order valence-corrected chi connectivity index (χ2v) is 4.77. The van der Waals surface area contributed by atoms with Crippen LogP contribution < -0.4 is 16.0 Å². The Morgan fingerprint density at radius 2 is 1.95 bits per heavy atom. The third-order valence-electron chi connectivity index (χ3n) is 2.79. The van der Waals surface area contributed by atoms with Crippen molar-refractivity contribution in [3.63, 3.8) is 0 Å². The zero-order valence-corrected chi connectivity index (χ0v) is 12.3. The Bertz CT molecular complexity index is 460. The van der Waals surface area contributed by atoms with Gasteiger partial charge in [-0.1, -0.05) is 19.4 Å². The molecule has 1 atom stereocenters. The van der Waals surface area contributed by atoms with Crippen LogP contribution >= 0.6 is 0 Å². The van der Waals surface area contributed by atoms with Crippen LogP contribution in [0.1, 0.15) is 33.6 Å². The number of carbonyl (C=O) groups excluding carboxylic acids is 2. The number of benzene rings is 1. The van der Waals surface area contributed by atoms with Gasteiger partial charge in [0.1, 0.15) is 6.04 Å². The Morgan fingerprint density at radius 3 is 2.60 bits per heavy atom. The summed E-state index contributed by atoms with van der Waals surface area (Å²) in [6.07, 6.45) is 2.04. The van der Waals surface area contributed by atoms with Crippen molar-refractivity contribution >= 4 is 23.2 Å². The quantitative estimate of drug-likeness (QED) is 0.670. The first-order chi connectivity index (χ1) is 9.52. The van der Waals surface area contributed by atoms with Gasteiger partial charge in [0, 0.05) is 24.8 Å². The van der Waals surface area contributed by atoms with Crippen molar-refractivity contribution in [2.75, 3.05) is 17.2 Å². The maximum atomic E-state index is 11.8. The molecule has 20 heavy (non-hydrogen) atoms. The van der Waals surface area contributed by atoms with Crippen LogP contribution in [0.3, 0.4) is 0 Å². The fourth-order valence-electron chi connectivity index (χ4n) is 1.75. The number of hydrogen-bond donors (Lipinski definition) is 3. The van der Waals surface area contributed by atoms with Gasteiger partial charge in [0.2, 0.25) is 11.8 Å². The molecule has 5 heteroatoms. The summed E-state index contributed by atoms with van der Waals surface area (Å²) in [6.45, 7) is 6.06. The molecule has 1 unspecified atom stereocenters. The van der Waals surface area contributed by atoms with Crippen LogP contribution in [0.4, 0.5) is 11.4 Å². The maximum Gasteiger partial charge on any atom is 0.242 e. The minimum Gasteiger partial charge on any atom is -0.374 e. The van der Waals surface area contributed by atoms with Crippen LogP contribution in [0.25, 0.3) is 0 Å². The lowest BCUT2D eigenvalue weighted by atomic mass is 10.2. The molecule has 110 valence electrons. The topological polar surface area (TPSA) is 70.2 Å². The Balaban J connectivity index is 2.54. The summed E-state index contributed by atoms with van der Waals surface area (Å²) in [7, 11) is 0. The SMILES string of the molecule is CCCCNC(=O)C(C)Nc1cccc(NC(C)=O)c1. The number of amides is 2. The fourth-order valence-corrected chi connectivity index (χ4v) is 1.75. The van der Waals surface area contributed by atoms with Crippen LogP contribution in [0.2, 0.25) is 0 Å². The monoisotopic (exact) mass is 277 g/mol. The van der Waals surface area contributed by atoms with Gasteiger partial charge in [0.15, 0.2) is 0 Å².